The summed E-state index contributed by atoms with van der Waals surface area (Å²) >= 11 is 0. The number of likely N-dealkylation sites (N-methyl/N-ethyl adjacent to an activating group) is 1. The molecule has 1 fully saturated rings. The number of aryl methyl sites for hydroxylation is 1. The Kier molecular flexibility index (Phi) is 4.32. The third-order valence-corrected chi connectivity index (χ3v) is 5.19. The minimum atomic E-state index is 0.310. The van der Waals surface area contributed by atoms with Crippen molar-refractivity contribution in [2.24, 2.45) is 7.05 Å². The lowest BCUT2D eigenvalue weighted by atomic mass is 10.0. The SMILES string of the molecule is C#CC(=C)N(C)C1CCCN(c2nc(-c3cnn(C)c3)cc3nccn23)C1. The number of imidazole rings is 1. The van der Waals surface area contributed by atoms with Crippen molar-refractivity contribution in [1.82, 2.24) is 29.0 Å². The van der Waals surface area contributed by atoms with Crippen LogP contribution in [0.5, 0.6) is 0 Å². The number of terminal acetylenes is 1. The molecule has 3 aromatic heterocycles. The highest BCUT2D eigenvalue weighted by atomic mass is 15.3. The van der Waals surface area contributed by atoms with E-state index < -0.39 is 0 Å². The molecule has 1 unspecified atom stereocenters. The van der Waals surface area contributed by atoms with Gasteiger partial charge in [0, 0.05) is 63.4 Å². The van der Waals surface area contributed by atoms with Crippen molar-refractivity contribution in [3.63, 3.8) is 0 Å². The van der Waals surface area contributed by atoms with Crippen LogP contribution in [0.15, 0.2) is 43.1 Å². The van der Waals surface area contributed by atoms with E-state index in [0.29, 0.717) is 11.7 Å². The number of rotatable bonds is 4. The molecule has 3 aromatic rings. The van der Waals surface area contributed by atoms with Gasteiger partial charge in [0.2, 0.25) is 5.95 Å². The fraction of sp³-hybridized carbons (Fsp3) is 0.350. The molecule has 0 N–H and O–H groups in total. The summed E-state index contributed by atoms with van der Waals surface area (Å²) in [6, 6.07) is 2.30. The summed E-state index contributed by atoms with van der Waals surface area (Å²) in [6.07, 6.45) is 15.3. The molecule has 4 rings (SSSR count). The first-order chi connectivity index (χ1) is 13.1. The van der Waals surface area contributed by atoms with Gasteiger partial charge in [-0.1, -0.05) is 12.5 Å². The second-order valence-corrected chi connectivity index (χ2v) is 6.94. The van der Waals surface area contributed by atoms with Gasteiger partial charge in [-0.15, -0.1) is 6.42 Å². The normalized spacial score (nSPS) is 17.1. The fourth-order valence-corrected chi connectivity index (χ4v) is 3.61. The highest BCUT2D eigenvalue weighted by Crippen LogP contribution is 2.26. The van der Waals surface area contributed by atoms with Crippen LogP contribution in [0.3, 0.4) is 0 Å². The molecule has 1 saturated heterocycles. The van der Waals surface area contributed by atoms with Crippen LogP contribution >= 0.6 is 0 Å². The lowest BCUT2D eigenvalue weighted by Crippen LogP contribution is -2.46. The van der Waals surface area contributed by atoms with Crippen molar-refractivity contribution in [2.45, 2.75) is 18.9 Å². The van der Waals surface area contributed by atoms with E-state index in [1.807, 2.05) is 43.2 Å². The Morgan fingerprint density at radius 2 is 2.30 bits per heavy atom. The van der Waals surface area contributed by atoms with E-state index in [4.69, 9.17) is 11.4 Å². The molecule has 0 bridgehead atoms. The molecule has 1 aliphatic heterocycles. The molecular weight excluding hydrogens is 338 g/mol. The van der Waals surface area contributed by atoms with Gasteiger partial charge in [-0.25, -0.2) is 9.97 Å². The highest BCUT2D eigenvalue weighted by molar-refractivity contribution is 5.65. The summed E-state index contributed by atoms with van der Waals surface area (Å²) in [5, 5.41) is 4.27. The first kappa shape index (κ1) is 17.2. The maximum Gasteiger partial charge on any atom is 0.211 e. The lowest BCUT2D eigenvalue weighted by Gasteiger charge is -2.39. The van der Waals surface area contributed by atoms with Crippen LogP contribution in [-0.4, -0.2) is 55.2 Å². The summed E-state index contributed by atoms with van der Waals surface area (Å²) in [4.78, 5) is 13.8. The standard InChI is InChI=1S/C20H23N7/c1-5-15(2)25(4)17-7-6-9-26(14-17)20-23-18(16-12-22-24(3)13-16)11-19-21-8-10-27(19)20/h1,8,10-13,17H,2,6-7,9,14H2,3-4H3. The van der Waals surface area contributed by atoms with Gasteiger partial charge in [0.15, 0.2) is 0 Å². The maximum absolute atomic E-state index is 5.53. The summed E-state index contributed by atoms with van der Waals surface area (Å²) in [7, 11) is 3.92. The predicted octanol–water partition coefficient (Wildman–Crippen LogP) is 2.18. The van der Waals surface area contributed by atoms with Crippen LogP contribution in [0.25, 0.3) is 16.9 Å². The van der Waals surface area contributed by atoms with Crippen LogP contribution in [0, 0.1) is 12.3 Å². The number of allylic oxidation sites excluding steroid dienone is 1. The molecule has 138 valence electrons. The number of piperidine rings is 1. The van der Waals surface area contributed by atoms with Crippen molar-refractivity contribution >= 4 is 11.6 Å². The van der Waals surface area contributed by atoms with Crippen molar-refractivity contribution in [3.8, 4) is 23.6 Å². The molecular formula is C20H23N7. The van der Waals surface area contributed by atoms with Gasteiger partial charge >= 0.3 is 0 Å². The van der Waals surface area contributed by atoms with Gasteiger partial charge < -0.3 is 9.80 Å². The minimum absolute atomic E-state index is 0.310. The van der Waals surface area contributed by atoms with Crippen molar-refractivity contribution in [2.75, 3.05) is 25.0 Å². The van der Waals surface area contributed by atoms with Crippen LogP contribution in [-0.2, 0) is 7.05 Å². The van der Waals surface area contributed by atoms with Crippen LogP contribution in [0.4, 0.5) is 5.95 Å². The fourth-order valence-electron chi connectivity index (χ4n) is 3.61. The molecule has 4 heterocycles. The zero-order valence-electron chi connectivity index (χ0n) is 15.7. The zero-order chi connectivity index (χ0) is 19.0. The Bertz CT molecular complexity index is 1020. The summed E-state index contributed by atoms with van der Waals surface area (Å²) < 4.78 is 3.82. The topological polar surface area (TPSA) is 54.5 Å². The summed E-state index contributed by atoms with van der Waals surface area (Å²) in [5.41, 5.74) is 3.45. The van der Waals surface area contributed by atoms with E-state index in [9.17, 15) is 0 Å². The van der Waals surface area contributed by atoms with E-state index in [2.05, 4.69) is 32.4 Å². The van der Waals surface area contributed by atoms with Gasteiger partial charge in [-0.2, -0.15) is 5.10 Å². The van der Waals surface area contributed by atoms with Crippen LogP contribution < -0.4 is 4.90 Å². The third-order valence-electron chi connectivity index (χ3n) is 5.19. The molecule has 0 radical (unpaired) electrons. The lowest BCUT2D eigenvalue weighted by molar-refractivity contribution is 0.273. The maximum atomic E-state index is 5.53. The molecule has 0 saturated carbocycles. The van der Waals surface area contributed by atoms with E-state index in [1.54, 1.807) is 10.9 Å². The van der Waals surface area contributed by atoms with Gasteiger partial charge in [0.1, 0.15) is 5.65 Å². The average molecular weight is 361 g/mol. The predicted molar refractivity (Wildman–Crippen MR) is 106 cm³/mol. The van der Waals surface area contributed by atoms with Crippen molar-refractivity contribution in [1.29, 1.82) is 0 Å². The third kappa shape index (κ3) is 3.14. The highest BCUT2D eigenvalue weighted by Gasteiger charge is 2.26. The van der Waals surface area contributed by atoms with Crippen LogP contribution in [0.2, 0.25) is 0 Å². The monoisotopic (exact) mass is 361 g/mol. The number of fused-ring (bicyclic) bond motifs is 1. The zero-order valence-corrected chi connectivity index (χ0v) is 15.7. The second kappa shape index (κ2) is 6.80. The van der Waals surface area contributed by atoms with Gasteiger partial charge in [0.25, 0.3) is 0 Å². The van der Waals surface area contributed by atoms with Crippen molar-refractivity contribution in [3.05, 3.63) is 43.1 Å². The van der Waals surface area contributed by atoms with Gasteiger partial charge in [-0.05, 0) is 12.8 Å². The van der Waals surface area contributed by atoms with E-state index in [-0.39, 0.29) is 0 Å². The van der Waals surface area contributed by atoms with Crippen molar-refractivity contribution < 1.29 is 0 Å². The Morgan fingerprint density at radius 1 is 1.44 bits per heavy atom. The largest absolute Gasteiger partial charge is 0.364 e. The molecule has 0 aliphatic carbocycles. The Balaban J connectivity index is 1.71. The molecule has 27 heavy (non-hydrogen) atoms. The Labute approximate surface area is 158 Å². The van der Waals surface area contributed by atoms with E-state index in [0.717, 1.165) is 48.8 Å². The summed E-state index contributed by atoms with van der Waals surface area (Å²) in [6.45, 7) is 5.76. The van der Waals surface area contributed by atoms with E-state index in [1.165, 1.54) is 0 Å². The van der Waals surface area contributed by atoms with Gasteiger partial charge in [0.05, 0.1) is 17.6 Å². The number of hydrogen-bond donors (Lipinski definition) is 0. The average Bonchev–Trinajstić information content (AvgIpc) is 3.34. The molecule has 0 amide bonds. The number of aromatic nitrogens is 5. The number of anilines is 1. The number of nitrogens with zero attached hydrogens (tertiary/aromatic N) is 7. The van der Waals surface area contributed by atoms with Gasteiger partial charge in [-0.3, -0.25) is 9.08 Å². The molecule has 0 spiro atoms. The first-order valence-electron chi connectivity index (χ1n) is 9.03. The Hall–Kier alpha value is -3.27. The molecule has 0 aromatic carbocycles. The Morgan fingerprint density at radius 3 is 3.04 bits per heavy atom. The quantitative estimate of drug-likeness (QED) is 0.667. The molecule has 7 nitrogen and oxygen atoms in total. The smallest absolute Gasteiger partial charge is 0.211 e. The molecule has 7 heteroatoms. The van der Waals surface area contributed by atoms with E-state index >= 15 is 0 Å². The molecule has 1 aliphatic rings. The second-order valence-electron chi connectivity index (χ2n) is 6.94. The minimum Gasteiger partial charge on any atom is -0.364 e. The first-order valence-corrected chi connectivity index (χ1v) is 9.03. The number of hydrogen-bond acceptors (Lipinski definition) is 5. The van der Waals surface area contributed by atoms with Crippen LogP contribution in [0.1, 0.15) is 12.8 Å². The molecule has 1 atom stereocenters. The summed E-state index contributed by atoms with van der Waals surface area (Å²) in [5.74, 6) is 3.54.